The summed E-state index contributed by atoms with van der Waals surface area (Å²) in [6.07, 6.45) is 7.39. The lowest BCUT2D eigenvalue weighted by molar-refractivity contribution is 0.262. The number of nitrogens with zero attached hydrogens (tertiary/aromatic N) is 4. The summed E-state index contributed by atoms with van der Waals surface area (Å²) in [6, 6.07) is 7.38. The summed E-state index contributed by atoms with van der Waals surface area (Å²) >= 11 is 1.39. The molecule has 0 bridgehead atoms. The molecule has 0 spiro atoms. The van der Waals surface area contributed by atoms with Gasteiger partial charge >= 0.3 is 0 Å². The van der Waals surface area contributed by atoms with Crippen molar-refractivity contribution < 1.29 is 9.63 Å². The van der Waals surface area contributed by atoms with Crippen molar-refractivity contribution in [1.29, 1.82) is 0 Å². The lowest BCUT2D eigenvalue weighted by atomic mass is 9.80. The minimum Gasteiger partial charge on any atom is -0.394 e. The lowest BCUT2D eigenvalue weighted by Gasteiger charge is -2.25. The van der Waals surface area contributed by atoms with Crippen LogP contribution in [0, 0.1) is 5.92 Å². The smallest absolute Gasteiger partial charge is 0.230 e. The maximum atomic E-state index is 9.15. The number of benzene rings is 1. The summed E-state index contributed by atoms with van der Waals surface area (Å²) in [6.45, 7) is 2.11. The van der Waals surface area contributed by atoms with Crippen LogP contribution in [-0.2, 0) is 0 Å². The first-order valence-electron chi connectivity index (χ1n) is 10.3. The summed E-state index contributed by atoms with van der Waals surface area (Å²) in [4.78, 5) is 4.67. The average Bonchev–Trinajstić information content (AvgIpc) is 3.44. The number of nitrogens with two attached hydrogens (primary N) is 1. The third-order valence-electron chi connectivity index (χ3n) is 5.68. The maximum absolute atomic E-state index is 9.15. The molecule has 0 radical (unpaired) electrons. The van der Waals surface area contributed by atoms with E-state index in [-0.39, 0.29) is 6.61 Å². The van der Waals surface area contributed by atoms with Crippen LogP contribution in [0.4, 0.5) is 0 Å². The van der Waals surface area contributed by atoms with Crippen molar-refractivity contribution in [3.05, 3.63) is 35.2 Å². The molecule has 0 amide bonds. The van der Waals surface area contributed by atoms with Crippen molar-refractivity contribution in [3.63, 3.8) is 0 Å². The molecule has 29 heavy (non-hydrogen) atoms. The Hall–Kier alpha value is -2.16. The zero-order valence-electron chi connectivity index (χ0n) is 16.6. The van der Waals surface area contributed by atoms with Crippen LogP contribution in [0.15, 0.2) is 28.8 Å². The van der Waals surface area contributed by atoms with Gasteiger partial charge in [-0.3, -0.25) is 0 Å². The largest absolute Gasteiger partial charge is 0.394 e. The van der Waals surface area contributed by atoms with Crippen LogP contribution >= 0.6 is 11.3 Å². The molecule has 4 rings (SSSR count). The predicted molar refractivity (Wildman–Crippen MR) is 112 cm³/mol. The molecule has 1 aromatic carbocycles. The molecule has 2 heterocycles. The summed E-state index contributed by atoms with van der Waals surface area (Å²) in [5, 5.41) is 23.0. The van der Waals surface area contributed by atoms with Gasteiger partial charge in [0.1, 0.15) is 10.0 Å². The Morgan fingerprint density at radius 3 is 2.55 bits per heavy atom. The molecule has 1 saturated carbocycles. The van der Waals surface area contributed by atoms with E-state index in [2.05, 4.69) is 27.3 Å². The highest BCUT2D eigenvalue weighted by atomic mass is 32.1. The molecular formula is C21H27N5O2S. The molecule has 1 fully saturated rings. The summed E-state index contributed by atoms with van der Waals surface area (Å²) < 4.78 is 5.59. The second kappa shape index (κ2) is 9.11. The number of hydrogen-bond donors (Lipinski definition) is 2. The zero-order chi connectivity index (χ0) is 20.2. The van der Waals surface area contributed by atoms with Gasteiger partial charge in [-0.25, -0.2) is 0 Å². The van der Waals surface area contributed by atoms with E-state index in [1.165, 1.54) is 37.0 Å². The van der Waals surface area contributed by atoms with E-state index < -0.39 is 6.04 Å². The van der Waals surface area contributed by atoms with E-state index in [1.54, 1.807) is 0 Å². The van der Waals surface area contributed by atoms with E-state index in [9.17, 15) is 0 Å². The van der Waals surface area contributed by atoms with Gasteiger partial charge in [-0.1, -0.05) is 60.5 Å². The molecule has 1 aliphatic rings. The van der Waals surface area contributed by atoms with Crippen LogP contribution in [0.2, 0.25) is 0 Å². The van der Waals surface area contributed by atoms with Crippen LogP contribution in [0.1, 0.15) is 68.3 Å². The molecule has 3 aromatic rings. The van der Waals surface area contributed by atoms with Crippen molar-refractivity contribution in [2.45, 2.75) is 57.4 Å². The van der Waals surface area contributed by atoms with Crippen molar-refractivity contribution >= 4 is 11.3 Å². The Morgan fingerprint density at radius 2 is 1.86 bits per heavy atom. The van der Waals surface area contributed by atoms with E-state index >= 15 is 0 Å². The Morgan fingerprint density at radius 1 is 1.14 bits per heavy atom. The third kappa shape index (κ3) is 4.55. The van der Waals surface area contributed by atoms with Crippen molar-refractivity contribution in [2.75, 3.05) is 6.61 Å². The second-order valence-electron chi connectivity index (χ2n) is 7.77. The standard InChI is InChI=1S/C21H27N5O2S/c1-2-3-13-4-6-15(7-5-13)19-23-18(26-28-19)14-8-10-16(11-9-14)20-24-25-21(29-20)17(22)12-27/h8-11,13,15,17,27H,2-7,12,22H2,1H3. The number of rotatable bonds is 7. The highest BCUT2D eigenvalue weighted by molar-refractivity contribution is 7.14. The monoisotopic (exact) mass is 413 g/mol. The van der Waals surface area contributed by atoms with Gasteiger partial charge in [0.05, 0.1) is 12.6 Å². The molecular weight excluding hydrogens is 386 g/mol. The molecule has 3 N–H and O–H groups in total. The third-order valence-corrected chi connectivity index (χ3v) is 6.78. The Labute approximate surface area is 174 Å². The minimum atomic E-state index is -0.490. The minimum absolute atomic E-state index is 0.145. The average molecular weight is 414 g/mol. The second-order valence-corrected chi connectivity index (χ2v) is 8.78. The molecule has 8 heteroatoms. The van der Waals surface area contributed by atoms with Crippen molar-refractivity contribution in [2.24, 2.45) is 11.7 Å². The molecule has 154 valence electrons. The maximum Gasteiger partial charge on any atom is 0.230 e. The van der Waals surface area contributed by atoms with Gasteiger partial charge in [-0.15, -0.1) is 10.2 Å². The van der Waals surface area contributed by atoms with Gasteiger partial charge in [0, 0.05) is 17.0 Å². The number of aliphatic hydroxyl groups excluding tert-OH is 1. The van der Waals surface area contributed by atoms with Crippen LogP contribution in [0.5, 0.6) is 0 Å². The van der Waals surface area contributed by atoms with Crippen molar-refractivity contribution in [3.8, 4) is 22.0 Å². The fourth-order valence-electron chi connectivity index (χ4n) is 3.97. The van der Waals surface area contributed by atoms with Crippen molar-refractivity contribution in [1.82, 2.24) is 20.3 Å². The normalized spacial score (nSPS) is 20.7. The van der Waals surface area contributed by atoms with Gasteiger partial charge in [0.25, 0.3) is 0 Å². The molecule has 2 aromatic heterocycles. The van der Waals surface area contributed by atoms with Gasteiger partial charge in [0.2, 0.25) is 11.7 Å². The first-order valence-corrected chi connectivity index (χ1v) is 11.1. The van der Waals surface area contributed by atoms with Gasteiger partial charge in [-0.05, 0) is 31.6 Å². The quantitative estimate of drug-likeness (QED) is 0.593. The summed E-state index contributed by atoms with van der Waals surface area (Å²) in [5.74, 6) is 2.64. The summed E-state index contributed by atoms with van der Waals surface area (Å²) in [7, 11) is 0. The van der Waals surface area contributed by atoms with E-state index in [1.807, 2.05) is 24.3 Å². The fraction of sp³-hybridized carbons (Fsp3) is 0.524. The van der Waals surface area contributed by atoms with Crippen LogP contribution < -0.4 is 5.73 Å². The molecule has 7 nitrogen and oxygen atoms in total. The lowest BCUT2D eigenvalue weighted by Crippen LogP contribution is -2.13. The van der Waals surface area contributed by atoms with Crippen LogP contribution in [-0.4, -0.2) is 32.1 Å². The molecule has 1 atom stereocenters. The Kier molecular flexibility index (Phi) is 6.32. The number of aliphatic hydroxyl groups is 1. The molecule has 0 aliphatic heterocycles. The van der Waals surface area contributed by atoms with Gasteiger partial charge in [0.15, 0.2) is 0 Å². The SMILES string of the molecule is CCCC1CCC(c2nc(-c3ccc(-c4nnc(C(N)CO)s4)cc3)no2)CC1. The summed E-state index contributed by atoms with van der Waals surface area (Å²) in [5.41, 5.74) is 7.66. The topological polar surface area (TPSA) is 111 Å². The Bertz CT molecular complexity index is 915. The van der Waals surface area contributed by atoms with E-state index in [4.69, 9.17) is 15.4 Å². The number of hydrogen-bond acceptors (Lipinski definition) is 8. The Balaban J connectivity index is 1.43. The molecule has 0 saturated heterocycles. The highest BCUT2D eigenvalue weighted by Crippen LogP contribution is 2.37. The van der Waals surface area contributed by atoms with Crippen LogP contribution in [0.3, 0.4) is 0 Å². The first kappa shape index (κ1) is 20.1. The van der Waals surface area contributed by atoms with E-state index in [0.29, 0.717) is 16.7 Å². The first-order chi connectivity index (χ1) is 14.2. The molecule has 1 aliphatic carbocycles. The predicted octanol–water partition coefficient (Wildman–Crippen LogP) is 4.32. The zero-order valence-corrected chi connectivity index (χ0v) is 17.4. The highest BCUT2D eigenvalue weighted by Gasteiger charge is 2.26. The van der Waals surface area contributed by atoms with E-state index in [0.717, 1.165) is 40.8 Å². The van der Waals surface area contributed by atoms with Gasteiger partial charge < -0.3 is 15.4 Å². The van der Waals surface area contributed by atoms with Gasteiger partial charge in [-0.2, -0.15) is 4.98 Å². The van der Waals surface area contributed by atoms with Crippen LogP contribution in [0.25, 0.3) is 22.0 Å². The molecule has 1 unspecified atom stereocenters. The number of aromatic nitrogens is 4. The fourth-order valence-corrected chi connectivity index (χ4v) is 4.81.